The summed E-state index contributed by atoms with van der Waals surface area (Å²) < 4.78 is 0. The average Bonchev–Trinajstić information content (AvgIpc) is 2.45. The van der Waals surface area contributed by atoms with Crippen LogP contribution in [0.25, 0.3) is 0 Å². The maximum absolute atomic E-state index is 10.5. The Balaban J connectivity index is 2.02. The van der Waals surface area contributed by atoms with Crippen LogP contribution in [0.2, 0.25) is 5.02 Å². The minimum absolute atomic E-state index is 0.0792. The molecule has 1 aliphatic heterocycles. The van der Waals surface area contributed by atoms with Gasteiger partial charge in [-0.25, -0.2) is 0 Å². The van der Waals surface area contributed by atoms with Crippen molar-refractivity contribution < 1.29 is 10.2 Å². The lowest BCUT2D eigenvalue weighted by atomic mass is 9.73. The molecule has 118 valence electrons. The van der Waals surface area contributed by atoms with Crippen molar-refractivity contribution in [3.05, 3.63) is 34.3 Å². The number of hydrogen-bond donors (Lipinski definition) is 2. The molecule has 2 N–H and O–H groups in total. The van der Waals surface area contributed by atoms with Gasteiger partial charge in [0, 0.05) is 23.5 Å². The van der Waals surface area contributed by atoms with Gasteiger partial charge >= 0.3 is 0 Å². The number of aliphatic hydroxyl groups is 2. The summed E-state index contributed by atoms with van der Waals surface area (Å²) >= 11 is 5.99. The smallest absolute Gasteiger partial charge is 0.0745 e. The van der Waals surface area contributed by atoms with E-state index in [1.165, 1.54) is 11.1 Å². The zero-order valence-electron chi connectivity index (χ0n) is 13.0. The first kappa shape index (κ1) is 16.8. The summed E-state index contributed by atoms with van der Waals surface area (Å²) in [6, 6.07) is 5.95. The Labute approximate surface area is 132 Å². The van der Waals surface area contributed by atoms with E-state index in [9.17, 15) is 10.2 Å². The van der Waals surface area contributed by atoms with Gasteiger partial charge in [-0.1, -0.05) is 31.0 Å². The number of likely N-dealkylation sites (tertiary alicyclic amines) is 1. The van der Waals surface area contributed by atoms with Crippen molar-refractivity contribution >= 4 is 11.6 Å². The molecule has 3 nitrogen and oxygen atoms in total. The summed E-state index contributed by atoms with van der Waals surface area (Å²) in [5.74, 6) is 0. The molecule has 2 rings (SSSR count). The molecule has 1 fully saturated rings. The minimum atomic E-state index is -0.455. The van der Waals surface area contributed by atoms with Gasteiger partial charge in [0.1, 0.15) is 0 Å². The van der Waals surface area contributed by atoms with Crippen LogP contribution in [0.5, 0.6) is 0 Å². The molecule has 1 saturated heterocycles. The normalized spacial score (nSPS) is 27.0. The number of rotatable bonds is 5. The molecule has 0 aliphatic carbocycles. The van der Waals surface area contributed by atoms with Gasteiger partial charge < -0.3 is 10.2 Å². The van der Waals surface area contributed by atoms with E-state index < -0.39 is 6.10 Å². The van der Waals surface area contributed by atoms with Crippen molar-refractivity contribution in [3.63, 3.8) is 0 Å². The number of nitrogens with zero attached hydrogens (tertiary/aromatic N) is 1. The van der Waals surface area contributed by atoms with Crippen LogP contribution in [-0.2, 0) is 6.54 Å². The van der Waals surface area contributed by atoms with Crippen LogP contribution in [0.1, 0.15) is 37.3 Å². The lowest BCUT2D eigenvalue weighted by Gasteiger charge is -2.44. The van der Waals surface area contributed by atoms with Crippen LogP contribution in [0.15, 0.2) is 18.2 Å². The summed E-state index contributed by atoms with van der Waals surface area (Å²) in [6.07, 6.45) is 2.28. The van der Waals surface area contributed by atoms with Crippen LogP contribution in [0, 0.1) is 12.3 Å². The molecular formula is C17H26ClNO2. The molecule has 0 bridgehead atoms. The Kier molecular flexibility index (Phi) is 5.67. The van der Waals surface area contributed by atoms with E-state index >= 15 is 0 Å². The van der Waals surface area contributed by atoms with Gasteiger partial charge in [0.25, 0.3) is 0 Å². The molecule has 1 aromatic rings. The first-order valence-corrected chi connectivity index (χ1v) is 8.15. The van der Waals surface area contributed by atoms with Gasteiger partial charge in [0.05, 0.1) is 12.7 Å². The second-order valence-corrected chi connectivity index (χ2v) is 6.78. The van der Waals surface area contributed by atoms with Crippen LogP contribution >= 0.6 is 11.6 Å². The number of piperidine rings is 1. The SMILES string of the molecule is CCC[C@]1(CO)CCN(Cc2ccc(Cl)cc2C)C[C@H]1O. The fourth-order valence-electron chi connectivity index (χ4n) is 3.35. The third kappa shape index (κ3) is 3.78. The van der Waals surface area contributed by atoms with Crippen molar-refractivity contribution in [2.75, 3.05) is 19.7 Å². The summed E-state index contributed by atoms with van der Waals surface area (Å²) in [7, 11) is 0. The fraction of sp³-hybridized carbons (Fsp3) is 0.647. The molecule has 0 saturated carbocycles. The van der Waals surface area contributed by atoms with Crippen LogP contribution < -0.4 is 0 Å². The Morgan fingerprint density at radius 2 is 2.19 bits per heavy atom. The highest BCUT2D eigenvalue weighted by atomic mass is 35.5. The van der Waals surface area contributed by atoms with Gasteiger partial charge in [-0.15, -0.1) is 0 Å². The predicted molar refractivity (Wildman–Crippen MR) is 86.5 cm³/mol. The third-order valence-corrected chi connectivity index (χ3v) is 5.06. The van der Waals surface area contributed by atoms with Crippen LogP contribution in [-0.4, -0.2) is 40.9 Å². The predicted octanol–water partition coefficient (Wildman–Crippen LogP) is 2.99. The molecule has 0 unspecified atom stereocenters. The molecule has 1 aromatic carbocycles. The Morgan fingerprint density at radius 1 is 1.43 bits per heavy atom. The number of aliphatic hydroxyl groups excluding tert-OH is 2. The molecule has 1 heterocycles. The molecule has 0 spiro atoms. The second-order valence-electron chi connectivity index (χ2n) is 6.34. The number of aryl methyl sites for hydroxylation is 1. The number of halogens is 1. The topological polar surface area (TPSA) is 43.7 Å². The highest BCUT2D eigenvalue weighted by molar-refractivity contribution is 6.30. The van der Waals surface area contributed by atoms with E-state index in [0.29, 0.717) is 6.54 Å². The second kappa shape index (κ2) is 7.10. The first-order valence-electron chi connectivity index (χ1n) is 7.77. The Hall–Kier alpha value is -0.610. The zero-order valence-corrected chi connectivity index (χ0v) is 13.7. The van der Waals surface area contributed by atoms with Gasteiger partial charge in [-0.3, -0.25) is 4.90 Å². The zero-order chi connectivity index (χ0) is 15.5. The molecule has 0 radical (unpaired) electrons. The molecule has 0 amide bonds. The maximum atomic E-state index is 10.5. The summed E-state index contributed by atoms with van der Waals surface area (Å²) in [5, 5.41) is 21.0. The lowest BCUT2D eigenvalue weighted by Crippen LogP contribution is -2.52. The van der Waals surface area contributed by atoms with E-state index in [0.717, 1.165) is 37.4 Å². The first-order chi connectivity index (χ1) is 10.0. The number of hydrogen-bond acceptors (Lipinski definition) is 3. The van der Waals surface area contributed by atoms with Crippen molar-refractivity contribution in [1.29, 1.82) is 0 Å². The van der Waals surface area contributed by atoms with E-state index in [4.69, 9.17) is 11.6 Å². The van der Waals surface area contributed by atoms with Crippen molar-refractivity contribution in [2.24, 2.45) is 5.41 Å². The van der Waals surface area contributed by atoms with Gasteiger partial charge in [-0.05, 0) is 49.6 Å². The highest BCUT2D eigenvalue weighted by Crippen LogP contribution is 2.36. The average molecular weight is 312 g/mol. The fourth-order valence-corrected chi connectivity index (χ4v) is 3.58. The molecular weight excluding hydrogens is 286 g/mol. The minimum Gasteiger partial charge on any atom is -0.396 e. The van der Waals surface area contributed by atoms with Gasteiger partial charge in [-0.2, -0.15) is 0 Å². The summed E-state index contributed by atoms with van der Waals surface area (Å²) in [4.78, 5) is 2.27. The maximum Gasteiger partial charge on any atom is 0.0745 e. The van der Waals surface area contributed by atoms with Gasteiger partial charge in [0.15, 0.2) is 0 Å². The Bertz CT molecular complexity index is 480. The van der Waals surface area contributed by atoms with Crippen molar-refractivity contribution in [1.82, 2.24) is 4.90 Å². The molecule has 21 heavy (non-hydrogen) atoms. The van der Waals surface area contributed by atoms with Crippen molar-refractivity contribution in [3.8, 4) is 0 Å². The standard InChI is InChI=1S/C17H26ClNO2/c1-3-6-17(12-20)7-8-19(11-16(17)21)10-14-4-5-15(18)9-13(14)2/h4-5,9,16,20-21H,3,6-8,10-12H2,1-2H3/t16-,17-/m1/s1. The van der Waals surface area contributed by atoms with E-state index in [-0.39, 0.29) is 12.0 Å². The summed E-state index contributed by atoms with van der Waals surface area (Å²) in [6.45, 7) is 6.62. The van der Waals surface area contributed by atoms with Gasteiger partial charge in [0.2, 0.25) is 0 Å². The molecule has 1 aliphatic rings. The monoisotopic (exact) mass is 311 g/mol. The highest BCUT2D eigenvalue weighted by Gasteiger charge is 2.40. The van der Waals surface area contributed by atoms with Crippen LogP contribution in [0.4, 0.5) is 0 Å². The van der Waals surface area contributed by atoms with E-state index in [2.05, 4.69) is 24.8 Å². The largest absolute Gasteiger partial charge is 0.396 e. The number of benzene rings is 1. The summed E-state index contributed by atoms with van der Waals surface area (Å²) in [5.41, 5.74) is 2.13. The lowest BCUT2D eigenvalue weighted by molar-refractivity contribution is -0.0803. The van der Waals surface area contributed by atoms with Crippen LogP contribution in [0.3, 0.4) is 0 Å². The van der Waals surface area contributed by atoms with Crippen molar-refractivity contribution in [2.45, 2.75) is 45.8 Å². The Morgan fingerprint density at radius 3 is 2.76 bits per heavy atom. The number of β-amino-alcohol motifs (C(OH)–C–C–N with tert-alkyl or cyclic N) is 1. The quantitative estimate of drug-likeness (QED) is 0.878. The van der Waals surface area contributed by atoms with E-state index in [1.807, 2.05) is 12.1 Å². The molecule has 4 heteroatoms. The third-order valence-electron chi connectivity index (χ3n) is 4.83. The van der Waals surface area contributed by atoms with E-state index in [1.54, 1.807) is 0 Å². The molecule has 0 aromatic heterocycles. The molecule has 2 atom stereocenters.